The van der Waals surface area contributed by atoms with Gasteiger partial charge in [0.15, 0.2) is 5.52 Å². The third-order valence-corrected chi connectivity index (χ3v) is 1.50. The Morgan fingerprint density at radius 2 is 2.18 bits per heavy atom. The number of rotatable bonds is 0. The molecule has 0 aliphatic carbocycles. The van der Waals surface area contributed by atoms with Crippen LogP contribution >= 0.6 is 0 Å². The highest BCUT2D eigenvalue weighted by Crippen LogP contribution is 2.06. The van der Waals surface area contributed by atoms with Gasteiger partial charge in [0.2, 0.25) is 0 Å². The van der Waals surface area contributed by atoms with E-state index >= 15 is 0 Å². The Bertz CT molecular complexity index is 442. The van der Waals surface area contributed by atoms with Crippen LogP contribution in [0.1, 0.15) is 5.56 Å². The van der Waals surface area contributed by atoms with Gasteiger partial charge in [-0.15, -0.1) is 0 Å². The molecule has 0 fully saturated rings. The molecule has 0 aliphatic rings. The van der Waals surface area contributed by atoms with E-state index in [1.165, 1.54) is 0 Å². The van der Waals surface area contributed by atoms with Crippen molar-refractivity contribution in [2.24, 2.45) is 0 Å². The van der Waals surface area contributed by atoms with Gasteiger partial charge in [0, 0.05) is 6.20 Å². The molecule has 0 saturated carbocycles. The smallest absolute Gasteiger partial charge is 0.279 e. The van der Waals surface area contributed by atoms with Crippen LogP contribution in [0.4, 0.5) is 0 Å². The lowest BCUT2D eigenvalue weighted by Crippen LogP contribution is -2.05. The van der Waals surface area contributed by atoms with E-state index in [1.54, 1.807) is 6.20 Å². The van der Waals surface area contributed by atoms with E-state index in [0.717, 1.165) is 5.56 Å². The van der Waals surface area contributed by atoms with Gasteiger partial charge in [0.05, 0.1) is 0 Å². The summed E-state index contributed by atoms with van der Waals surface area (Å²) in [6.07, 6.45) is 1.58. The zero-order valence-electron chi connectivity index (χ0n) is 5.79. The van der Waals surface area contributed by atoms with Crippen LogP contribution in [0.3, 0.4) is 0 Å². The predicted molar refractivity (Wildman–Crippen MR) is 37.2 cm³/mol. The number of nitrogens with zero attached hydrogens (tertiary/aromatic N) is 2. The van der Waals surface area contributed by atoms with E-state index in [-0.39, 0.29) is 11.1 Å². The van der Waals surface area contributed by atoms with E-state index in [1.807, 2.05) is 6.92 Å². The third kappa shape index (κ3) is 0.739. The van der Waals surface area contributed by atoms with Crippen molar-refractivity contribution >= 4 is 11.0 Å². The van der Waals surface area contributed by atoms with Gasteiger partial charge >= 0.3 is 0 Å². The molecule has 0 atom stereocenters. The van der Waals surface area contributed by atoms with Gasteiger partial charge in [-0.1, -0.05) is 0 Å². The average Bonchev–Trinajstić information content (AvgIpc) is 2.45. The van der Waals surface area contributed by atoms with Crippen molar-refractivity contribution < 1.29 is 4.63 Å². The van der Waals surface area contributed by atoms with Crippen molar-refractivity contribution in [3.63, 3.8) is 0 Å². The predicted octanol–water partition coefficient (Wildman–Crippen LogP) is 0.220. The summed E-state index contributed by atoms with van der Waals surface area (Å²) in [7, 11) is 0. The Morgan fingerprint density at radius 1 is 1.45 bits per heavy atom. The molecule has 1 N–H and O–H groups in total. The molecule has 0 saturated heterocycles. The summed E-state index contributed by atoms with van der Waals surface area (Å²) in [6.45, 7) is 1.82. The van der Waals surface area contributed by atoms with Crippen LogP contribution in [0.15, 0.2) is 15.6 Å². The van der Waals surface area contributed by atoms with Gasteiger partial charge in [-0.25, -0.2) is 4.63 Å². The summed E-state index contributed by atoms with van der Waals surface area (Å²) in [5.41, 5.74) is 1.35. The third-order valence-electron chi connectivity index (χ3n) is 1.50. The fourth-order valence-corrected chi connectivity index (χ4v) is 0.907. The molecule has 0 aliphatic heterocycles. The summed E-state index contributed by atoms with van der Waals surface area (Å²) < 4.78 is 4.41. The molecule has 2 aromatic heterocycles. The van der Waals surface area contributed by atoms with Crippen LogP contribution in [0.2, 0.25) is 0 Å². The van der Waals surface area contributed by atoms with Gasteiger partial charge in [0.1, 0.15) is 5.52 Å². The fourth-order valence-electron chi connectivity index (χ4n) is 0.907. The molecule has 0 amide bonds. The first-order valence-electron chi connectivity index (χ1n) is 3.09. The van der Waals surface area contributed by atoms with Crippen LogP contribution in [0.5, 0.6) is 0 Å². The SMILES string of the molecule is Cc1c[nH]c(=O)c2nonc12. The lowest BCUT2D eigenvalue weighted by atomic mass is 10.3. The Morgan fingerprint density at radius 3 is 2.91 bits per heavy atom. The second-order valence-corrected chi connectivity index (χ2v) is 2.26. The quantitative estimate of drug-likeness (QED) is 0.584. The molecule has 5 nitrogen and oxygen atoms in total. The monoisotopic (exact) mass is 151 g/mol. The summed E-state index contributed by atoms with van der Waals surface area (Å²) in [5, 5.41) is 7.02. The van der Waals surface area contributed by atoms with E-state index in [2.05, 4.69) is 19.9 Å². The second-order valence-electron chi connectivity index (χ2n) is 2.26. The first-order chi connectivity index (χ1) is 5.29. The Balaban J connectivity index is 3.08. The van der Waals surface area contributed by atoms with Crippen LogP contribution < -0.4 is 5.56 Å². The highest BCUT2D eigenvalue weighted by molar-refractivity contribution is 5.74. The molecule has 5 heteroatoms. The Labute approximate surface area is 61.0 Å². The van der Waals surface area contributed by atoms with Gasteiger partial charge in [-0.05, 0) is 22.8 Å². The van der Waals surface area contributed by atoms with Crippen LogP contribution in [-0.4, -0.2) is 15.3 Å². The first kappa shape index (κ1) is 6.09. The molecule has 0 spiro atoms. The number of fused-ring (bicyclic) bond motifs is 1. The Hall–Kier alpha value is -1.65. The molecule has 2 heterocycles. The topological polar surface area (TPSA) is 71.8 Å². The molecule has 11 heavy (non-hydrogen) atoms. The molecule has 2 aromatic rings. The Kier molecular flexibility index (Phi) is 1.06. The zero-order chi connectivity index (χ0) is 7.84. The van der Waals surface area contributed by atoms with E-state index in [0.29, 0.717) is 5.52 Å². The maximum absolute atomic E-state index is 11.0. The number of aromatic amines is 1. The van der Waals surface area contributed by atoms with E-state index in [4.69, 9.17) is 0 Å². The van der Waals surface area contributed by atoms with E-state index < -0.39 is 0 Å². The standard InChI is InChI=1S/C6H5N3O2/c1-3-2-7-6(10)5-4(3)8-11-9-5/h2H,1H3,(H,7,10). The summed E-state index contributed by atoms with van der Waals surface area (Å²) in [5.74, 6) is 0. The number of hydrogen-bond donors (Lipinski definition) is 1. The van der Waals surface area contributed by atoms with Crippen molar-refractivity contribution in [2.45, 2.75) is 6.92 Å². The number of H-pyrrole nitrogens is 1. The van der Waals surface area contributed by atoms with Crippen molar-refractivity contribution in [2.75, 3.05) is 0 Å². The number of hydrogen-bond acceptors (Lipinski definition) is 4. The van der Waals surface area contributed by atoms with Crippen molar-refractivity contribution in [1.82, 2.24) is 15.3 Å². The van der Waals surface area contributed by atoms with Crippen LogP contribution in [-0.2, 0) is 0 Å². The van der Waals surface area contributed by atoms with Gasteiger partial charge < -0.3 is 4.98 Å². The summed E-state index contributed by atoms with van der Waals surface area (Å²) in [4.78, 5) is 13.5. The molecule has 0 aromatic carbocycles. The molecule has 0 bridgehead atoms. The highest BCUT2D eigenvalue weighted by Gasteiger charge is 2.05. The van der Waals surface area contributed by atoms with Gasteiger partial charge in [-0.2, -0.15) is 0 Å². The minimum atomic E-state index is -0.271. The highest BCUT2D eigenvalue weighted by atomic mass is 16.6. The molecule has 2 rings (SSSR count). The summed E-state index contributed by atoms with van der Waals surface area (Å²) >= 11 is 0. The van der Waals surface area contributed by atoms with Crippen LogP contribution in [0, 0.1) is 6.92 Å². The zero-order valence-corrected chi connectivity index (χ0v) is 5.79. The van der Waals surface area contributed by atoms with Crippen LogP contribution in [0.25, 0.3) is 11.0 Å². The number of pyridine rings is 1. The largest absolute Gasteiger partial charge is 0.327 e. The fraction of sp³-hybridized carbons (Fsp3) is 0.167. The minimum Gasteiger partial charge on any atom is -0.327 e. The maximum Gasteiger partial charge on any atom is 0.279 e. The lowest BCUT2D eigenvalue weighted by molar-refractivity contribution is 0.315. The van der Waals surface area contributed by atoms with Crippen molar-refractivity contribution in [3.8, 4) is 0 Å². The number of nitrogens with one attached hydrogen (secondary N) is 1. The molecule has 0 radical (unpaired) electrons. The summed E-state index contributed by atoms with van der Waals surface area (Å²) in [6, 6.07) is 0. The second kappa shape index (κ2) is 1.91. The molecule has 56 valence electrons. The number of aryl methyl sites for hydroxylation is 1. The molecular formula is C6H5N3O2. The van der Waals surface area contributed by atoms with Crippen molar-refractivity contribution in [1.29, 1.82) is 0 Å². The van der Waals surface area contributed by atoms with Gasteiger partial charge in [-0.3, -0.25) is 4.79 Å². The van der Waals surface area contributed by atoms with Crippen molar-refractivity contribution in [3.05, 3.63) is 22.1 Å². The minimum absolute atomic E-state index is 0.255. The maximum atomic E-state index is 11.0. The average molecular weight is 151 g/mol. The normalized spacial score (nSPS) is 10.6. The molecular weight excluding hydrogens is 146 g/mol. The van der Waals surface area contributed by atoms with Gasteiger partial charge in [0.25, 0.3) is 5.56 Å². The first-order valence-corrected chi connectivity index (χ1v) is 3.09. The van der Waals surface area contributed by atoms with E-state index in [9.17, 15) is 4.79 Å². The lowest BCUT2D eigenvalue weighted by Gasteiger charge is -1.87. The molecule has 0 unspecified atom stereocenters. The number of aromatic nitrogens is 3.